The van der Waals surface area contributed by atoms with Crippen LogP contribution in [0.25, 0.3) is 11.3 Å². The SMILES string of the molecule is Cc1cc(CNC2CC2)ccc1-c1ccco1. The fourth-order valence-corrected chi connectivity index (χ4v) is 2.09. The molecule has 1 aliphatic carbocycles. The van der Waals surface area contributed by atoms with Gasteiger partial charge in [-0.2, -0.15) is 0 Å². The van der Waals surface area contributed by atoms with E-state index in [0.717, 1.165) is 18.3 Å². The average molecular weight is 227 g/mol. The van der Waals surface area contributed by atoms with Crippen molar-refractivity contribution in [3.05, 3.63) is 47.7 Å². The van der Waals surface area contributed by atoms with E-state index in [2.05, 4.69) is 30.4 Å². The van der Waals surface area contributed by atoms with Crippen molar-refractivity contribution in [1.29, 1.82) is 0 Å². The maximum Gasteiger partial charge on any atom is 0.134 e. The molecule has 0 aliphatic heterocycles. The van der Waals surface area contributed by atoms with Gasteiger partial charge in [-0.3, -0.25) is 0 Å². The van der Waals surface area contributed by atoms with Crippen molar-refractivity contribution in [3.63, 3.8) is 0 Å². The number of rotatable bonds is 4. The average Bonchev–Trinajstić information content (AvgIpc) is 3.01. The maximum atomic E-state index is 5.43. The highest BCUT2D eigenvalue weighted by Crippen LogP contribution is 2.25. The predicted octanol–water partition coefficient (Wildman–Crippen LogP) is 3.51. The lowest BCUT2D eigenvalue weighted by atomic mass is 10.0. The Morgan fingerprint density at radius 1 is 1.29 bits per heavy atom. The lowest BCUT2D eigenvalue weighted by Gasteiger charge is -2.07. The summed E-state index contributed by atoms with van der Waals surface area (Å²) >= 11 is 0. The first kappa shape index (κ1) is 10.6. The van der Waals surface area contributed by atoms with Gasteiger partial charge in [-0.25, -0.2) is 0 Å². The van der Waals surface area contributed by atoms with Gasteiger partial charge in [-0.05, 0) is 43.0 Å². The highest BCUT2D eigenvalue weighted by molar-refractivity contribution is 5.62. The number of hydrogen-bond donors (Lipinski definition) is 1. The van der Waals surface area contributed by atoms with Gasteiger partial charge in [0.15, 0.2) is 0 Å². The Hall–Kier alpha value is -1.54. The quantitative estimate of drug-likeness (QED) is 0.864. The Morgan fingerprint density at radius 3 is 2.82 bits per heavy atom. The van der Waals surface area contributed by atoms with Gasteiger partial charge < -0.3 is 9.73 Å². The van der Waals surface area contributed by atoms with Gasteiger partial charge >= 0.3 is 0 Å². The second kappa shape index (κ2) is 4.38. The fourth-order valence-electron chi connectivity index (χ4n) is 2.09. The molecule has 0 radical (unpaired) electrons. The molecule has 0 unspecified atom stereocenters. The third-order valence-electron chi connectivity index (χ3n) is 3.25. The summed E-state index contributed by atoms with van der Waals surface area (Å²) in [6.45, 7) is 3.11. The van der Waals surface area contributed by atoms with Gasteiger partial charge in [0.25, 0.3) is 0 Å². The van der Waals surface area contributed by atoms with Crippen LogP contribution in [0.3, 0.4) is 0 Å². The topological polar surface area (TPSA) is 25.2 Å². The summed E-state index contributed by atoms with van der Waals surface area (Å²) in [6, 6.07) is 11.3. The Bertz CT molecular complexity index is 498. The molecule has 0 bridgehead atoms. The fraction of sp³-hybridized carbons (Fsp3) is 0.333. The summed E-state index contributed by atoms with van der Waals surface area (Å²) in [4.78, 5) is 0. The normalized spacial score (nSPS) is 15.1. The zero-order valence-corrected chi connectivity index (χ0v) is 10.1. The van der Waals surface area contributed by atoms with Crippen molar-refractivity contribution in [2.75, 3.05) is 0 Å². The first-order valence-corrected chi connectivity index (χ1v) is 6.20. The highest BCUT2D eigenvalue weighted by atomic mass is 16.3. The molecule has 1 aromatic carbocycles. The van der Waals surface area contributed by atoms with Crippen LogP contribution in [0.2, 0.25) is 0 Å². The molecule has 17 heavy (non-hydrogen) atoms. The predicted molar refractivity (Wildman–Crippen MR) is 68.7 cm³/mol. The van der Waals surface area contributed by atoms with Crippen LogP contribution in [0.15, 0.2) is 41.0 Å². The third kappa shape index (κ3) is 2.42. The number of nitrogens with one attached hydrogen (secondary N) is 1. The minimum atomic E-state index is 0.764. The van der Waals surface area contributed by atoms with Crippen molar-refractivity contribution in [2.45, 2.75) is 32.4 Å². The van der Waals surface area contributed by atoms with E-state index in [-0.39, 0.29) is 0 Å². The molecule has 1 N–H and O–H groups in total. The molecule has 1 heterocycles. The zero-order valence-electron chi connectivity index (χ0n) is 10.1. The molecule has 3 rings (SSSR count). The molecule has 2 aromatic rings. The van der Waals surface area contributed by atoms with E-state index in [1.54, 1.807) is 6.26 Å². The molecule has 1 aromatic heterocycles. The second-order valence-corrected chi connectivity index (χ2v) is 4.78. The molecular formula is C15H17NO. The standard InChI is InChI=1S/C15H17NO/c1-11-9-12(10-16-13-5-6-13)4-7-14(11)15-3-2-8-17-15/h2-4,7-9,13,16H,5-6,10H2,1H3. The van der Waals surface area contributed by atoms with Crippen molar-refractivity contribution in [3.8, 4) is 11.3 Å². The molecule has 1 fully saturated rings. The largest absolute Gasteiger partial charge is 0.464 e. The van der Waals surface area contributed by atoms with E-state index in [0.29, 0.717) is 0 Å². The van der Waals surface area contributed by atoms with Crippen LogP contribution in [0.5, 0.6) is 0 Å². The van der Waals surface area contributed by atoms with Gasteiger partial charge in [-0.1, -0.05) is 18.2 Å². The lowest BCUT2D eigenvalue weighted by Crippen LogP contribution is -2.15. The van der Waals surface area contributed by atoms with Crippen LogP contribution < -0.4 is 5.32 Å². The van der Waals surface area contributed by atoms with Gasteiger partial charge in [-0.15, -0.1) is 0 Å². The second-order valence-electron chi connectivity index (χ2n) is 4.78. The van der Waals surface area contributed by atoms with E-state index in [4.69, 9.17) is 4.42 Å². The Kier molecular flexibility index (Phi) is 2.73. The molecule has 88 valence electrons. The number of benzene rings is 1. The molecule has 1 saturated carbocycles. The molecule has 0 atom stereocenters. The number of hydrogen-bond acceptors (Lipinski definition) is 2. The van der Waals surface area contributed by atoms with Crippen molar-refractivity contribution in [2.24, 2.45) is 0 Å². The van der Waals surface area contributed by atoms with E-state index in [1.807, 2.05) is 12.1 Å². The molecular weight excluding hydrogens is 210 g/mol. The summed E-state index contributed by atoms with van der Waals surface area (Å²) in [5, 5.41) is 3.53. The Labute approximate surface area is 102 Å². The van der Waals surface area contributed by atoms with Crippen LogP contribution in [0.1, 0.15) is 24.0 Å². The smallest absolute Gasteiger partial charge is 0.134 e. The number of furan rings is 1. The zero-order chi connectivity index (χ0) is 11.7. The Balaban J connectivity index is 1.78. The van der Waals surface area contributed by atoms with Crippen LogP contribution in [0.4, 0.5) is 0 Å². The molecule has 2 nitrogen and oxygen atoms in total. The summed E-state index contributed by atoms with van der Waals surface area (Å²) in [7, 11) is 0. The van der Waals surface area contributed by atoms with Crippen molar-refractivity contribution in [1.82, 2.24) is 5.32 Å². The summed E-state index contributed by atoms with van der Waals surface area (Å²) in [5.41, 5.74) is 3.81. The van der Waals surface area contributed by atoms with Gasteiger partial charge in [0.2, 0.25) is 0 Å². The van der Waals surface area contributed by atoms with E-state index in [9.17, 15) is 0 Å². The van der Waals surface area contributed by atoms with Crippen molar-refractivity contribution >= 4 is 0 Å². The molecule has 1 aliphatic rings. The molecule has 0 saturated heterocycles. The molecule has 2 heteroatoms. The molecule has 0 spiro atoms. The molecule has 0 amide bonds. The highest BCUT2D eigenvalue weighted by Gasteiger charge is 2.19. The van der Waals surface area contributed by atoms with Crippen LogP contribution >= 0.6 is 0 Å². The van der Waals surface area contributed by atoms with Crippen LogP contribution in [-0.4, -0.2) is 6.04 Å². The summed E-state index contributed by atoms with van der Waals surface area (Å²) in [5.74, 6) is 0.948. The monoisotopic (exact) mass is 227 g/mol. The van der Waals surface area contributed by atoms with Crippen LogP contribution in [0, 0.1) is 6.92 Å². The van der Waals surface area contributed by atoms with E-state index >= 15 is 0 Å². The van der Waals surface area contributed by atoms with E-state index in [1.165, 1.54) is 29.5 Å². The minimum absolute atomic E-state index is 0.764. The first-order valence-electron chi connectivity index (χ1n) is 6.20. The van der Waals surface area contributed by atoms with Crippen LogP contribution in [-0.2, 0) is 6.54 Å². The van der Waals surface area contributed by atoms with Gasteiger partial charge in [0, 0.05) is 18.2 Å². The van der Waals surface area contributed by atoms with E-state index < -0.39 is 0 Å². The van der Waals surface area contributed by atoms with Gasteiger partial charge in [0.05, 0.1) is 6.26 Å². The third-order valence-corrected chi connectivity index (χ3v) is 3.25. The Morgan fingerprint density at radius 2 is 2.18 bits per heavy atom. The van der Waals surface area contributed by atoms with Crippen molar-refractivity contribution < 1.29 is 4.42 Å². The maximum absolute atomic E-state index is 5.43. The summed E-state index contributed by atoms with van der Waals surface area (Å²) < 4.78 is 5.43. The minimum Gasteiger partial charge on any atom is -0.464 e. The lowest BCUT2D eigenvalue weighted by molar-refractivity contribution is 0.582. The number of aryl methyl sites for hydroxylation is 1. The summed E-state index contributed by atoms with van der Waals surface area (Å²) in [6.07, 6.45) is 4.39. The first-order chi connectivity index (χ1) is 8.33. The van der Waals surface area contributed by atoms with Gasteiger partial charge in [0.1, 0.15) is 5.76 Å².